The second kappa shape index (κ2) is 5.43. The van der Waals surface area contributed by atoms with Gasteiger partial charge in [-0.15, -0.1) is 0 Å². The molecule has 0 aromatic heterocycles. The number of nitrogens with one attached hydrogen (secondary N) is 1. The summed E-state index contributed by atoms with van der Waals surface area (Å²) < 4.78 is 1.05. The number of amides is 1. The Morgan fingerprint density at radius 3 is 2.61 bits per heavy atom. The summed E-state index contributed by atoms with van der Waals surface area (Å²) in [6.45, 7) is 4.54. The number of hydrogen-bond donors (Lipinski definition) is 1. The van der Waals surface area contributed by atoms with Gasteiger partial charge in [0.1, 0.15) is 0 Å². The maximum atomic E-state index is 11.9. The van der Waals surface area contributed by atoms with E-state index in [4.69, 9.17) is 0 Å². The van der Waals surface area contributed by atoms with E-state index in [0.717, 1.165) is 22.9 Å². The topological polar surface area (TPSA) is 29.1 Å². The molecule has 0 heterocycles. The van der Waals surface area contributed by atoms with Crippen LogP contribution in [0.2, 0.25) is 0 Å². The smallest absolute Gasteiger partial charge is 0.224 e. The lowest BCUT2D eigenvalue weighted by Gasteiger charge is -2.17. The number of rotatable bonds is 3. The van der Waals surface area contributed by atoms with E-state index in [1.54, 1.807) is 0 Å². The summed E-state index contributed by atoms with van der Waals surface area (Å²) in [5, 5.41) is 3.15. The predicted octanol–water partition coefficient (Wildman–Crippen LogP) is 3.69. The van der Waals surface area contributed by atoms with E-state index in [9.17, 15) is 4.79 Å². The Kier molecular flexibility index (Phi) is 4.10. The molecule has 98 valence electrons. The van der Waals surface area contributed by atoms with Gasteiger partial charge in [0.25, 0.3) is 0 Å². The summed E-state index contributed by atoms with van der Waals surface area (Å²) in [7, 11) is 0. The molecule has 0 saturated heterocycles. The zero-order valence-electron chi connectivity index (χ0n) is 11.0. The van der Waals surface area contributed by atoms with Crippen molar-refractivity contribution in [3.63, 3.8) is 0 Å². The number of halogens is 1. The molecule has 0 spiro atoms. The minimum absolute atomic E-state index is 0.139. The van der Waals surface area contributed by atoms with Gasteiger partial charge in [0, 0.05) is 10.5 Å². The average Bonchev–Trinajstić information content (AvgIpc) is 2.61. The first kappa shape index (κ1) is 13.6. The Morgan fingerprint density at radius 1 is 1.39 bits per heavy atom. The van der Waals surface area contributed by atoms with Crippen LogP contribution in [0, 0.1) is 5.41 Å². The van der Waals surface area contributed by atoms with Gasteiger partial charge in [-0.05, 0) is 42.4 Å². The fraction of sp³-hybridized carbons (Fsp3) is 0.533. The van der Waals surface area contributed by atoms with Crippen molar-refractivity contribution < 1.29 is 4.79 Å². The van der Waals surface area contributed by atoms with Gasteiger partial charge in [-0.2, -0.15) is 0 Å². The molecule has 2 nitrogen and oxygen atoms in total. The van der Waals surface area contributed by atoms with Crippen molar-refractivity contribution in [1.82, 2.24) is 5.32 Å². The standard InChI is InChI=1S/C15H20BrNO/c1-15(2)8-7-13(10-15)17-14(18)9-11-3-5-12(16)6-4-11/h3-6,13H,7-10H2,1-2H3,(H,17,18). The number of benzene rings is 1. The van der Waals surface area contributed by atoms with E-state index in [-0.39, 0.29) is 5.91 Å². The largest absolute Gasteiger partial charge is 0.353 e. The molecule has 1 unspecified atom stereocenters. The molecule has 1 atom stereocenters. The molecule has 0 aliphatic heterocycles. The maximum Gasteiger partial charge on any atom is 0.224 e. The Bertz CT molecular complexity index is 425. The molecule has 1 saturated carbocycles. The van der Waals surface area contributed by atoms with Crippen LogP contribution in [0.25, 0.3) is 0 Å². The molecule has 1 aromatic rings. The van der Waals surface area contributed by atoms with Gasteiger partial charge in [0.15, 0.2) is 0 Å². The molecule has 1 aliphatic carbocycles. The van der Waals surface area contributed by atoms with Crippen LogP contribution < -0.4 is 5.32 Å². The molecule has 1 N–H and O–H groups in total. The lowest BCUT2D eigenvalue weighted by atomic mass is 9.92. The summed E-state index contributed by atoms with van der Waals surface area (Å²) in [5.41, 5.74) is 1.45. The van der Waals surface area contributed by atoms with Gasteiger partial charge in [-0.25, -0.2) is 0 Å². The third-order valence-corrected chi connectivity index (χ3v) is 4.14. The van der Waals surface area contributed by atoms with Crippen LogP contribution >= 0.6 is 15.9 Å². The van der Waals surface area contributed by atoms with Gasteiger partial charge in [0.2, 0.25) is 5.91 Å². The van der Waals surface area contributed by atoms with Crippen molar-refractivity contribution in [3.8, 4) is 0 Å². The molecular formula is C15H20BrNO. The fourth-order valence-corrected chi connectivity index (χ4v) is 2.89. The van der Waals surface area contributed by atoms with Gasteiger partial charge in [-0.1, -0.05) is 41.9 Å². The number of carbonyl (C=O) groups is 1. The highest BCUT2D eigenvalue weighted by Crippen LogP contribution is 2.36. The SMILES string of the molecule is CC1(C)CCC(NC(=O)Cc2ccc(Br)cc2)C1. The van der Waals surface area contributed by atoms with Crippen LogP contribution in [0.5, 0.6) is 0 Å². The molecule has 18 heavy (non-hydrogen) atoms. The summed E-state index contributed by atoms with van der Waals surface area (Å²) in [5.74, 6) is 0.139. The summed E-state index contributed by atoms with van der Waals surface area (Å²) >= 11 is 3.39. The highest BCUT2D eigenvalue weighted by Gasteiger charge is 2.31. The average molecular weight is 310 g/mol. The van der Waals surface area contributed by atoms with E-state index in [1.807, 2.05) is 24.3 Å². The minimum atomic E-state index is 0.139. The molecule has 1 aliphatic rings. The summed E-state index contributed by atoms with van der Waals surface area (Å²) in [6, 6.07) is 8.29. The molecule has 1 fully saturated rings. The normalized spacial score (nSPS) is 21.8. The Balaban J connectivity index is 1.84. The van der Waals surface area contributed by atoms with Crippen molar-refractivity contribution in [1.29, 1.82) is 0 Å². The minimum Gasteiger partial charge on any atom is -0.353 e. The highest BCUT2D eigenvalue weighted by atomic mass is 79.9. The van der Waals surface area contributed by atoms with E-state index < -0.39 is 0 Å². The van der Waals surface area contributed by atoms with Crippen LogP contribution in [0.3, 0.4) is 0 Å². The first-order valence-electron chi connectivity index (χ1n) is 6.48. The van der Waals surface area contributed by atoms with E-state index in [0.29, 0.717) is 17.9 Å². The fourth-order valence-electron chi connectivity index (χ4n) is 2.63. The zero-order valence-corrected chi connectivity index (χ0v) is 12.6. The van der Waals surface area contributed by atoms with Crippen LogP contribution in [0.4, 0.5) is 0 Å². The summed E-state index contributed by atoms with van der Waals surface area (Å²) in [4.78, 5) is 11.9. The molecule has 1 amide bonds. The number of carbonyl (C=O) groups excluding carboxylic acids is 1. The van der Waals surface area contributed by atoms with Gasteiger partial charge < -0.3 is 5.32 Å². The first-order chi connectivity index (χ1) is 8.44. The Morgan fingerprint density at radius 2 is 2.06 bits per heavy atom. The molecule has 0 bridgehead atoms. The van der Waals surface area contributed by atoms with Crippen molar-refractivity contribution in [2.24, 2.45) is 5.41 Å². The molecule has 1 aromatic carbocycles. The first-order valence-corrected chi connectivity index (χ1v) is 7.28. The monoisotopic (exact) mass is 309 g/mol. The third kappa shape index (κ3) is 3.84. The second-order valence-corrected chi connectivity index (χ2v) is 6.89. The highest BCUT2D eigenvalue weighted by molar-refractivity contribution is 9.10. The second-order valence-electron chi connectivity index (χ2n) is 5.97. The van der Waals surface area contributed by atoms with Crippen LogP contribution in [0.1, 0.15) is 38.7 Å². The van der Waals surface area contributed by atoms with Crippen LogP contribution in [0.15, 0.2) is 28.7 Å². The molecular weight excluding hydrogens is 290 g/mol. The number of hydrogen-bond acceptors (Lipinski definition) is 1. The van der Waals surface area contributed by atoms with Crippen LogP contribution in [-0.4, -0.2) is 11.9 Å². The molecule has 0 radical (unpaired) electrons. The van der Waals surface area contributed by atoms with Crippen molar-refractivity contribution in [2.75, 3.05) is 0 Å². The van der Waals surface area contributed by atoms with Gasteiger partial charge >= 0.3 is 0 Å². The summed E-state index contributed by atoms with van der Waals surface area (Å²) in [6.07, 6.45) is 3.89. The maximum absolute atomic E-state index is 11.9. The third-order valence-electron chi connectivity index (χ3n) is 3.61. The lowest BCUT2D eigenvalue weighted by molar-refractivity contribution is -0.121. The van der Waals surface area contributed by atoms with E-state index in [2.05, 4.69) is 35.1 Å². The van der Waals surface area contributed by atoms with Gasteiger partial charge in [0.05, 0.1) is 6.42 Å². The van der Waals surface area contributed by atoms with Crippen LogP contribution in [-0.2, 0) is 11.2 Å². The molecule has 2 rings (SSSR count). The predicted molar refractivity (Wildman–Crippen MR) is 77.4 cm³/mol. The van der Waals surface area contributed by atoms with E-state index in [1.165, 1.54) is 6.42 Å². The molecule has 3 heteroatoms. The lowest BCUT2D eigenvalue weighted by Crippen LogP contribution is -2.34. The van der Waals surface area contributed by atoms with Gasteiger partial charge in [-0.3, -0.25) is 4.79 Å². The quantitative estimate of drug-likeness (QED) is 0.906. The Hall–Kier alpha value is -0.830. The van der Waals surface area contributed by atoms with E-state index >= 15 is 0 Å². The Labute approximate surface area is 117 Å². The van der Waals surface area contributed by atoms with Crippen molar-refractivity contribution in [2.45, 2.75) is 45.6 Å². The van der Waals surface area contributed by atoms with Crippen molar-refractivity contribution >= 4 is 21.8 Å². The zero-order chi connectivity index (χ0) is 13.2. The van der Waals surface area contributed by atoms with Crippen molar-refractivity contribution in [3.05, 3.63) is 34.3 Å².